The van der Waals surface area contributed by atoms with Gasteiger partial charge in [0.2, 0.25) is 5.89 Å². The van der Waals surface area contributed by atoms with Gasteiger partial charge in [0.25, 0.3) is 5.91 Å². The molecule has 2 aromatic rings. The van der Waals surface area contributed by atoms with Crippen molar-refractivity contribution in [2.45, 2.75) is 18.9 Å². The van der Waals surface area contributed by atoms with Crippen LogP contribution >= 0.6 is 0 Å². The number of anilines is 1. The van der Waals surface area contributed by atoms with Gasteiger partial charge in [-0.2, -0.15) is 0 Å². The Hall–Kier alpha value is -2.74. The summed E-state index contributed by atoms with van der Waals surface area (Å²) in [5.74, 6) is -0.516. The second-order valence-electron chi connectivity index (χ2n) is 4.97. The van der Waals surface area contributed by atoms with Gasteiger partial charge in [0.05, 0.1) is 12.7 Å². The SMILES string of the molecule is COC(=O)c1ccc(C(=O)Nc2nnc(C3CCCO3)o2)cc1. The van der Waals surface area contributed by atoms with Gasteiger partial charge in [-0.3, -0.25) is 10.1 Å². The maximum atomic E-state index is 12.1. The van der Waals surface area contributed by atoms with Crippen LogP contribution in [-0.2, 0) is 9.47 Å². The van der Waals surface area contributed by atoms with Crippen molar-refractivity contribution in [1.82, 2.24) is 10.2 Å². The van der Waals surface area contributed by atoms with E-state index >= 15 is 0 Å². The third-order valence-corrected chi connectivity index (χ3v) is 3.43. The maximum Gasteiger partial charge on any atom is 0.337 e. The molecule has 1 N–H and O–H groups in total. The molecule has 0 aliphatic carbocycles. The normalized spacial score (nSPS) is 17.0. The summed E-state index contributed by atoms with van der Waals surface area (Å²) in [4.78, 5) is 23.5. The predicted molar refractivity (Wildman–Crippen MR) is 78.0 cm³/mol. The zero-order valence-electron chi connectivity index (χ0n) is 12.4. The first kappa shape index (κ1) is 15.2. The minimum Gasteiger partial charge on any atom is -0.465 e. The number of hydrogen-bond donors (Lipinski definition) is 1. The average Bonchev–Trinajstić information content (AvgIpc) is 3.25. The number of nitrogens with zero attached hydrogens (tertiary/aromatic N) is 2. The molecule has 0 spiro atoms. The molecule has 23 heavy (non-hydrogen) atoms. The molecule has 1 aliphatic rings. The molecule has 1 unspecified atom stereocenters. The molecule has 1 aliphatic heterocycles. The fraction of sp³-hybridized carbons (Fsp3) is 0.333. The van der Waals surface area contributed by atoms with Crippen LogP contribution in [0.3, 0.4) is 0 Å². The average molecular weight is 317 g/mol. The standard InChI is InChI=1S/C15H15N3O5/c1-21-14(20)10-6-4-9(5-7-10)12(19)16-15-18-17-13(23-15)11-3-2-8-22-11/h4-7,11H,2-3,8H2,1H3,(H,16,18,19). The Balaban J connectivity index is 1.65. The highest BCUT2D eigenvalue weighted by Gasteiger charge is 2.24. The van der Waals surface area contributed by atoms with Crippen LogP contribution in [-0.4, -0.2) is 35.8 Å². The van der Waals surface area contributed by atoms with Crippen molar-refractivity contribution in [3.05, 3.63) is 41.3 Å². The number of benzene rings is 1. The van der Waals surface area contributed by atoms with Gasteiger partial charge in [-0.15, -0.1) is 5.10 Å². The molecule has 1 aromatic heterocycles. The van der Waals surface area contributed by atoms with E-state index in [9.17, 15) is 9.59 Å². The summed E-state index contributed by atoms with van der Waals surface area (Å²) >= 11 is 0. The van der Waals surface area contributed by atoms with Crippen LogP contribution in [0.15, 0.2) is 28.7 Å². The molecule has 0 saturated carbocycles. The summed E-state index contributed by atoms with van der Waals surface area (Å²) < 4.78 is 15.4. The molecular formula is C15H15N3O5. The second-order valence-corrected chi connectivity index (χ2v) is 4.97. The summed E-state index contributed by atoms with van der Waals surface area (Å²) in [5, 5.41) is 10.2. The maximum absolute atomic E-state index is 12.1. The molecule has 1 aromatic carbocycles. The molecule has 1 fully saturated rings. The zero-order valence-corrected chi connectivity index (χ0v) is 12.4. The van der Waals surface area contributed by atoms with Crippen LogP contribution in [0.5, 0.6) is 0 Å². The largest absolute Gasteiger partial charge is 0.465 e. The molecule has 120 valence electrons. The van der Waals surface area contributed by atoms with Gasteiger partial charge < -0.3 is 13.9 Å². The Labute approximate surface area is 131 Å². The number of rotatable bonds is 4. The van der Waals surface area contributed by atoms with Crippen LogP contribution in [0.4, 0.5) is 6.01 Å². The minimum atomic E-state index is -0.463. The first-order valence-corrected chi connectivity index (χ1v) is 7.12. The Kier molecular flexibility index (Phi) is 4.33. The summed E-state index contributed by atoms with van der Waals surface area (Å²) in [6.07, 6.45) is 1.57. The van der Waals surface area contributed by atoms with E-state index in [1.165, 1.54) is 31.4 Å². The highest BCUT2D eigenvalue weighted by atomic mass is 16.5. The number of methoxy groups -OCH3 is 1. The quantitative estimate of drug-likeness (QED) is 0.859. The van der Waals surface area contributed by atoms with Gasteiger partial charge in [-0.1, -0.05) is 5.10 Å². The van der Waals surface area contributed by atoms with E-state index in [1.54, 1.807) is 0 Å². The lowest BCUT2D eigenvalue weighted by molar-refractivity contribution is 0.0600. The third-order valence-electron chi connectivity index (χ3n) is 3.43. The number of hydrogen-bond acceptors (Lipinski definition) is 7. The first-order valence-electron chi connectivity index (χ1n) is 7.12. The molecule has 8 heteroatoms. The Morgan fingerprint density at radius 3 is 2.61 bits per heavy atom. The lowest BCUT2D eigenvalue weighted by Gasteiger charge is -2.03. The van der Waals surface area contributed by atoms with Gasteiger partial charge in [0.15, 0.2) is 0 Å². The second kappa shape index (κ2) is 6.57. The van der Waals surface area contributed by atoms with Crippen LogP contribution in [0.2, 0.25) is 0 Å². The third kappa shape index (κ3) is 3.37. The molecule has 0 radical (unpaired) electrons. The molecule has 0 bridgehead atoms. The Morgan fingerprint density at radius 2 is 1.96 bits per heavy atom. The molecule has 2 heterocycles. The molecule has 8 nitrogen and oxygen atoms in total. The molecule has 3 rings (SSSR count). The lowest BCUT2D eigenvalue weighted by atomic mass is 10.1. The highest BCUT2D eigenvalue weighted by Crippen LogP contribution is 2.28. The topological polar surface area (TPSA) is 104 Å². The van der Waals surface area contributed by atoms with Crippen molar-refractivity contribution in [1.29, 1.82) is 0 Å². The Bertz CT molecular complexity index is 704. The molecule has 1 saturated heterocycles. The van der Waals surface area contributed by atoms with Crippen molar-refractivity contribution < 1.29 is 23.5 Å². The first-order chi connectivity index (χ1) is 11.2. The minimum absolute atomic E-state index is 0.0116. The van der Waals surface area contributed by atoms with Gasteiger partial charge in [-0.05, 0) is 37.1 Å². The van der Waals surface area contributed by atoms with Gasteiger partial charge in [0.1, 0.15) is 6.10 Å². The van der Waals surface area contributed by atoms with Crippen LogP contribution < -0.4 is 5.32 Å². The fourth-order valence-electron chi connectivity index (χ4n) is 2.23. The molecule has 1 amide bonds. The number of carbonyl (C=O) groups excluding carboxylic acids is 2. The highest BCUT2D eigenvalue weighted by molar-refractivity contribution is 6.03. The van der Waals surface area contributed by atoms with Crippen molar-refractivity contribution in [3.8, 4) is 0 Å². The van der Waals surface area contributed by atoms with Crippen molar-refractivity contribution in [2.75, 3.05) is 19.0 Å². The van der Waals surface area contributed by atoms with E-state index < -0.39 is 11.9 Å². The summed E-state index contributed by atoms with van der Waals surface area (Å²) in [5.41, 5.74) is 0.719. The summed E-state index contributed by atoms with van der Waals surface area (Å²) in [6, 6.07) is 6.05. The molecular weight excluding hydrogens is 302 g/mol. The van der Waals surface area contributed by atoms with E-state index in [4.69, 9.17) is 9.15 Å². The number of ether oxygens (including phenoxy) is 2. The van der Waals surface area contributed by atoms with Crippen LogP contribution in [0.1, 0.15) is 45.6 Å². The predicted octanol–water partition coefficient (Wildman–Crippen LogP) is 1.96. The van der Waals surface area contributed by atoms with E-state index in [-0.39, 0.29) is 12.1 Å². The van der Waals surface area contributed by atoms with Crippen LogP contribution in [0, 0.1) is 0 Å². The van der Waals surface area contributed by atoms with E-state index in [0.29, 0.717) is 23.6 Å². The summed E-state index contributed by atoms with van der Waals surface area (Å²) in [7, 11) is 1.30. The monoisotopic (exact) mass is 317 g/mol. The van der Waals surface area contributed by atoms with E-state index in [1.807, 2.05) is 0 Å². The van der Waals surface area contributed by atoms with E-state index in [2.05, 4.69) is 20.3 Å². The summed E-state index contributed by atoms with van der Waals surface area (Å²) in [6.45, 7) is 0.668. The zero-order chi connectivity index (χ0) is 16.2. The van der Waals surface area contributed by atoms with E-state index in [0.717, 1.165) is 12.8 Å². The van der Waals surface area contributed by atoms with Gasteiger partial charge in [-0.25, -0.2) is 4.79 Å². The Morgan fingerprint density at radius 1 is 1.22 bits per heavy atom. The van der Waals surface area contributed by atoms with Crippen molar-refractivity contribution in [2.24, 2.45) is 0 Å². The smallest absolute Gasteiger partial charge is 0.337 e. The van der Waals surface area contributed by atoms with Gasteiger partial charge >= 0.3 is 12.0 Å². The van der Waals surface area contributed by atoms with Crippen molar-refractivity contribution in [3.63, 3.8) is 0 Å². The number of nitrogens with one attached hydrogen (secondary N) is 1. The van der Waals surface area contributed by atoms with Crippen LogP contribution in [0.25, 0.3) is 0 Å². The van der Waals surface area contributed by atoms with Gasteiger partial charge in [0, 0.05) is 12.2 Å². The van der Waals surface area contributed by atoms with Crippen molar-refractivity contribution >= 4 is 17.9 Å². The number of carbonyl (C=O) groups is 2. The molecule has 1 atom stereocenters. The lowest BCUT2D eigenvalue weighted by Crippen LogP contribution is -2.12. The number of esters is 1. The number of aromatic nitrogens is 2. The fourth-order valence-corrected chi connectivity index (χ4v) is 2.23. The number of amides is 1.